The lowest BCUT2D eigenvalue weighted by molar-refractivity contribution is -0.116. The molecule has 5 N–H and O–H groups in total. The van der Waals surface area contributed by atoms with Crippen LogP contribution in [0.1, 0.15) is 21.7 Å². The number of aromatic nitrogens is 1. The molecular weight excluding hydrogens is 428 g/mol. The van der Waals surface area contributed by atoms with E-state index in [0.717, 1.165) is 22.1 Å². The smallest absolute Gasteiger partial charge is 0.248 e. The lowest BCUT2D eigenvalue weighted by atomic mass is 10.0. The van der Waals surface area contributed by atoms with E-state index in [1.165, 1.54) is 6.08 Å². The number of carbonyl (C=O) groups is 2. The van der Waals surface area contributed by atoms with Gasteiger partial charge in [-0.05, 0) is 65.2 Å². The van der Waals surface area contributed by atoms with E-state index in [2.05, 4.69) is 10.3 Å². The maximum absolute atomic E-state index is 12.1. The Labute approximate surface area is 188 Å². The Morgan fingerprint density at radius 1 is 1.06 bits per heavy atom. The summed E-state index contributed by atoms with van der Waals surface area (Å²) in [7, 11) is 0. The minimum Gasteiger partial charge on any atom is -0.458 e. The third-order valence-corrected chi connectivity index (χ3v) is 5.08. The van der Waals surface area contributed by atoms with Gasteiger partial charge >= 0.3 is 0 Å². The Morgan fingerprint density at radius 2 is 1.84 bits per heavy atom. The van der Waals surface area contributed by atoms with Crippen LogP contribution in [-0.2, 0) is 11.3 Å². The van der Waals surface area contributed by atoms with Gasteiger partial charge in [-0.3, -0.25) is 9.59 Å². The molecule has 0 aliphatic rings. The van der Waals surface area contributed by atoms with E-state index in [1.807, 2.05) is 24.3 Å². The Hall–Kier alpha value is -4.10. The molecule has 2 heterocycles. The summed E-state index contributed by atoms with van der Waals surface area (Å²) in [6, 6.07) is 15.9. The third-order valence-electron chi connectivity index (χ3n) is 4.80. The molecule has 2 amide bonds. The minimum absolute atomic E-state index is 0.205. The Morgan fingerprint density at radius 3 is 2.53 bits per heavy atom. The molecule has 4 rings (SSSR count). The molecule has 0 radical (unpaired) electrons. The highest BCUT2D eigenvalue weighted by molar-refractivity contribution is 6.35. The number of halogens is 1. The Bertz CT molecular complexity index is 1330. The van der Waals surface area contributed by atoms with Crippen molar-refractivity contribution in [1.82, 2.24) is 10.3 Å². The SMILES string of the molecule is NC(=O)c1ccc(-c2cc(Cl)c3oc(CNC(=O)C=Cc4ccc(N)nc4)cc3c2)cc1. The average molecular weight is 447 g/mol. The molecule has 0 spiro atoms. The first-order chi connectivity index (χ1) is 15.4. The number of nitrogens with two attached hydrogens (primary N) is 2. The van der Waals surface area contributed by atoms with Crippen molar-refractivity contribution in [3.05, 3.63) is 88.8 Å². The maximum Gasteiger partial charge on any atom is 0.248 e. The van der Waals surface area contributed by atoms with Crippen LogP contribution in [0.3, 0.4) is 0 Å². The van der Waals surface area contributed by atoms with Crippen LogP contribution >= 0.6 is 11.6 Å². The number of hydrogen-bond donors (Lipinski definition) is 3. The van der Waals surface area contributed by atoms with Gasteiger partial charge in [0.1, 0.15) is 11.6 Å². The first kappa shape index (κ1) is 21.1. The zero-order valence-corrected chi connectivity index (χ0v) is 17.6. The predicted octanol–water partition coefficient (Wildman–Crippen LogP) is 4.16. The number of carbonyl (C=O) groups excluding carboxylic acids is 2. The highest BCUT2D eigenvalue weighted by atomic mass is 35.5. The van der Waals surface area contributed by atoms with Crippen molar-refractivity contribution in [2.75, 3.05) is 5.73 Å². The standard InChI is InChI=1S/C24H19ClN4O3/c25-20-11-17(15-3-5-16(6-4-15)24(27)31)9-18-10-19(32-23(18)20)13-29-22(30)8-2-14-1-7-21(26)28-12-14/h1-12H,13H2,(H2,26,28)(H2,27,31)(H,29,30). The molecule has 32 heavy (non-hydrogen) atoms. The van der Waals surface area contributed by atoms with Crippen molar-refractivity contribution in [2.45, 2.75) is 6.54 Å². The van der Waals surface area contributed by atoms with E-state index in [9.17, 15) is 9.59 Å². The summed E-state index contributed by atoms with van der Waals surface area (Å²) in [6.07, 6.45) is 4.64. The number of primary amides is 1. The molecule has 0 saturated carbocycles. The first-order valence-electron chi connectivity index (χ1n) is 9.69. The van der Waals surface area contributed by atoms with Crippen LogP contribution in [0.25, 0.3) is 28.2 Å². The molecule has 8 heteroatoms. The highest BCUT2D eigenvalue weighted by Gasteiger charge is 2.11. The number of hydrogen-bond acceptors (Lipinski definition) is 5. The summed E-state index contributed by atoms with van der Waals surface area (Å²) in [5, 5.41) is 4.03. The summed E-state index contributed by atoms with van der Waals surface area (Å²) >= 11 is 6.42. The van der Waals surface area contributed by atoms with E-state index in [4.69, 9.17) is 27.5 Å². The molecule has 0 saturated heterocycles. The lowest BCUT2D eigenvalue weighted by Gasteiger charge is -2.04. The van der Waals surface area contributed by atoms with Crippen LogP contribution in [0.15, 0.2) is 71.3 Å². The van der Waals surface area contributed by atoms with Crippen LogP contribution in [-0.4, -0.2) is 16.8 Å². The van der Waals surface area contributed by atoms with Crippen molar-refractivity contribution in [1.29, 1.82) is 0 Å². The Kier molecular flexibility index (Phi) is 5.91. The number of nitrogen functional groups attached to an aromatic ring is 1. The fourth-order valence-corrected chi connectivity index (χ4v) is 3.43. The molecule has 0 unspecified atom stereocenters. The second-order valence-electron chi connectivity index (χ2n) is 7.10. The van der Waals surface area contributed by atoms with Crippen LogP contribution in [0.4, 0.5) is 5.82 Å². The maximum atomic E-state index is 12.1. The van der Waals surface area contributed by atoms with Gasteiger partial charge in [0, 0.05) is 23.2 Å². The van der Waals surface area contributed by atoms with Gasteiger partial charge in [0.05, 0.1) is 11.6 Å². The highest BCUT2D eigenvalue weighted by Crippen LogP contribution is 2.33. The van der Waals surface area contributed by atoms with Gasteiger partial charge in [-0.2, -0.15) is 0 Å². The monoisotopic (exact) mass is 446 g/mol. The first-order valence-corrected chi connectivity index (χ1v) is 10.1. The van der Waals surface area contributed by atoms with Gasteiger partial charge in [-0.1, -0.05) is 23.7 Å². The van der Waals surface area contributed by atoms with Crippen molar-refractivity contribution < 1.29 is 14.0 Å². The number of furan rings is 1. The molecule has 0 aliphatic carbocycles. The number of anilines is 1. The zero-order chi connectivity index (χ0) is 22.7. The van der Waals surface area contributed by atoms with Crippen molar-refractivity contribution in [3.8, 4) is 11.1 Å². The molecule has 4 aromatic rings. The summed E-state index contributed by atoms with van der Waals surface area (Å²) in [5.41, 5.74) is 14.3. The van der Waals surface area contributed by atoms with Crippen molar-refractivity contribution in [2.24, 2.45) is 5.73 Å². The number of fused-ring (bicyclic) bond motifs is 1. The van der Waals surface area contributed by atoms with Crippen molar-refractivity contribution in [3.63, 3.8) is 0 Å². The number of nitrogens with zero attached hydrogens (tertiary/aromatic N) is 1. The summed E-state index contributed by atoms with van der Waals surface area (Å²) in [4.78, 5) is 27.3. The molecule has 7 nitrogen and oxygen atoms in total. The van der Waals surface area contributed by atoms with E-state index < -0.39 is 5.91 Å². The predicted molar refractivity (Wildman–Crippen MR) is 125 cm³/mol. The van der Waals surface area contributed by atoms with E-state index in [0.29, 0.717) is 27.7 Å². The van der Waals surface area contributed by atoms with E-state index in [-0.39, 0.29) is 12.5 Å². The van der Waals surface area contributed by atoms with Gasteiger partial charge in [0.2, 0.25) is 11.8 Å². The fraction of sp³-hybridized carbons (Fsp3) is 0.0417. The van der Waals surface area contributed by atoms with Gasteiger partial charge in [-0.25, -0.2) is 4.98 Å². The normalized spacial score (nSPS) is 11.2. The van der Waals surface area contributed by atoms with Gasteiger partial charge in [-0.15, -0.1) is 0 Å². The molecule has 0 fully saturated rings. The number of amides is 2. The lowest BCUT2D eigenvalue weighted by Crippen LogP contribution is -2.19. The molecule has 0 aliphatic heterocycles. The third kappa shape index (κ3) is 4.79. The molecular formula is C24H19ClN4O3. The zero-order valence-electron chi connectivity index (χ0n) is 16.8. The molecule has 160 valence electrons. The second-order valence-corrected chi connectivity index (χ2v) is 7.51. The number of pyridine rings is 1. The second kappa shape index (κ2) is 8.95. The number of rotatable bonds is 6. The summed E-state index contributed by atoms with van der Waals surface area (Å²) in [6.45, 7) is 0.205. The Balaban J connectivity index is 1.47. The number of nitrogens with one attached hydrogen (secondary N) is 1. The van der Waals surface area contributed by atoms with Gasteiger partial charge in [0.25, 0.3) is 0 Å². The van der Waals surface area contributed by atoms with Crippen LogP contribution < -0.4 is 16.8 Å². The average Bonchev–Trinajstić information content (AvgIpc) is 3.21. The summed E-state index contributed by atoms with van der Waals surface area (Å²) < 4.78 is 5.81. The van der Waals surface area contributed by atoms with Gasteiger partial charge in [0.15, 0.2) is 5.58 Å². The quantitative estimate of drug-likeness (QED) is 0.383. The summed E-state index contributed by atoms with van der Waals surface area (Å²) in [5.74, 6) is 0.232. The largest absolute Gasteiger partial charge is 0.458 e. The number of benzene rings is 2. The minimum atomic E-state index is -0.480. The van der Waals surface area contributed by atoms with Crippen LogP contribution in [0, 0.1) is 0 Å². The topological polar surface area (TPSA) is 124 Å². The van der Waals surface area contributed by atoms with E-state index >= 15 is 0 Å². The van der Waals surface area contributed by atoms with Crippen LogP contribution in [0.5, 0.6) is 0 Å². The fourth-order valence-electron chi connectivity index (χ4n) is 3.16. The van der Waals surface area contributed by atoms with Crippen LogP contribution in [0.2, 0.25) is 5.02 Å². The molecule has 2 aromatic heterocycles. The molecule has 2 aromatic carbocycles. The van der Waals surface area contributed by atoms with Gasteiger partial charge < -0.3 is 21.2 Å². The van der Waals surface area contributed by atoms with Crippen molar-refractivity contribution >= 4 is 46.3 Å². The molecule has 0 bridgehead atoms. The molecule has 0 atom stereocenters. The van der Waals surface area contributed by atoms with E-state index in [1.54, 1.807) is 42.6 Å².